The summed E-state index contributed by atoms with van der Waals surface area (Å²) in [7, 11) is 0. The fraction of sp³-hybridized carbons (Fsp3) is 0.429. The van der Waals surface area contributed by atoms with Crippen LogP contribution in [0.3, 0.4) is 0 Å². The Kier molecular flexibility index (Phi) is 3.83. The van der Waals surface area contributed by atoms with Gasteiger partial charge < -0.3 is 5.32 Å². The highest BCUT2D eigenvalue weighted by atomic mass is 19.1. The van der Waals surface area contributed by atoms with E-state index in [1.807, 2.05) is 0 Å². The van der Waals surface area contributed by atoms with E-state index in [1.165, 1.54) is 16.7 Å². The van der Waals surface area contributed by atoms with Gasteiger partial charge in [0.05, 0.1) is 5.69 Å². The number of nitrogens with zero attached hydrogens (tertiary/aromatic N) is 2. The number of hydrogen-bond donors (Lipinski definition) is 1. The van der Waals surface area contributed by atoms with Crippen LogP contribution in [0.4, 0.5) is 4.39 Å². The fourth-order valence-electron chi connectivity index (χ4n) is 1.97. The van der Waals surface area contributed by atoms with Crippen molar-refractivity contribution in [2.75, 3.05) is 6.54 Å². The molecule has 1 amide bonds. The molecule has 2 heterocycles. The first-order valence-electron chi connectivity index (χ1n) is 6.41. The Morgan fingerprint density at radius 1 is 1.47 bits per heavy atom. The molecule has 5 heteroatoms. The van der Waals surface area contributed by atoms with Crippen LogP contribution in [0.2, 0.25) is 0 Å². The molecule has 0 bridgehead atoms. The van der Waals surface area contributed by atoms with Gasteiger partial charge in [-0.05, 0) is 31.4 Å². The molecule has 2 aromatic heterocycles. The zero-order valence-electron chi connectivity index (χ0n) is 11.4. The maximum Gasteiger partial charge on any atom is 0.270 e. The number of carbonyl (C=O) groups excluding carboxylic acids is 1. The molecule has 0 saturated carbocycles. The van der Waals surface area contributed by atoms with E-state index in [9.17, 15) is 9.18 Å². The van der Waals surface area contributed by atoms with Crippen LogP contribution in [0.1, 0.15) is 36.5 Å². The van der Waals surface area contributed by atoms with Crippen LogP contribution in [0.5, 0.6) is 0 Å². The monoisotopic (exact) mass is 263 g/mol. The smallest absolute Gasteiger partial charge is 0.270 e. The average molecular weight is 263 g/mol. The largest absolute Gasteiger partial charge is 0.351 e. The van der Waals surface area contributed by atoms with Crippen molar-refractivity contribution in [3.05, 3.63) is 35.5 Å². The highest BCUT2D eigenvalue weighted by molar-refractivity contribution is 5.94. The van der Waals surface area contributed by atoms with Crippen molar-refractivity contribution in [2.45, 2.75) is 27.2 Å². The Balaban J connectivity index is 2.26. The van der Waals surface area contributed by atoms with Gasteiger partial charge in [-0.2, -0.15) is 0 Å². The Hall–Kier alpha value is -1.91. The van der Waals surface area contributed by atoms with E-state index >= 15 is 0 Å². The molecular weight excluding hydrogens is 245 g/mol. The van der Waals surface area contributed by atoms with E-state index in [4.69, 9.17) is 0 Å². The number of rotatable bonds is 4. The first-order chi connectivity index (χ1) is 8.99. The van der Waals surface area contributed by atoms with E-state index in [0.29, 0.717) is 29.5 Å². The highest BCUT2D eigenvalue weighted by Crippen LogP contribution is 2.13. The number of pyridine rings is 1. The summed E-state index contributed by atoms with van der Waals surface area (Å²) in [5.74, 6) is -0.0709. The molecule has 0 radical (unpaired) electrons. The maximum atomic E-state index is 13.3. The molecule has 102 valence electrons. The van der Waals surface area contributed by atoms with Crippen molar-refractivity contribution in [3.63, 3.8) is 0 Å². The van der Waals surface area contributed by atoms with Gasteiger partial charge in [-0.3, -0.25) is 9.20 Å². The van der Waals surface area contributed by atoms with E-state index in [0.717, 1.165) is 6.42 Å². The first-order valence-corrected chi connectivity index (χ1v) is 6.41. The number of imidazole rings is 1. The summed E-state index contributed by atoms with van der Waals surface area (Å²) in [6, 6.07) is 2.90. The molecule has 0 spiro atoms. The van der Waals surface area contributed by atoms with E-state index in [-0.39, 0.29) is 11.7 Å². The third-order valence-electron chi connectivity index (χ3n) is 2.98. The minimum Gasteiger partial charge on any atom is -0.351 e. The number of nitrogens with one attached hydrogen (secondary N) is 1. The standard InChI is InChI=1S/C14H18FN3O/c1-9(2)6-7-16-14(19)13-10(3)17-12-5-4-11(15)8-18(12)13/h4-5,8-9H,6-7H2,1-3H3,(H,16,19). The van der Waals surface area contributed by atoms with Gasteiger partial charge in [-0.15, -0.1) is 0 Å². The third-order valence-corrected chi connectivity index (χ3v) is 2.98. The van der Waals surface area contributed by atoms with E-state index in [2.05, 4.69) is 24.1 Å². The summed E-state index contributed by atoms with van der Waals surface area (Å²) in [6.45, 7) is 6.56. The lowest BCUT2D eigenvalue weighted by Crippen LogP contribution is -2.27. The quantitative estimate of drug-likeness (QED) is 0.921. The molecule has 0 aliphatic rings. The van der Waals surface area contributed by atoms with Gasteiger partial charge >= 0.3 is 0 Å². The second-order valence-electron chi connectivity index (χ2n) is 5.06. The zero-order valence-corrected chi connectivity index (χ0v) is 11.4. The van der Waals surface area contributed by atoms with Crippen LogP contribution in [-0.2, 0) is 0 Å². The van der Waals surface area contributed by atoms with Crippen LogP contribution >= 0.6 is 0 Å². The van der Waals surface area contributed by atoms with Crippen molar-refractivity contribution < 1.29 is 9.18 Å². The van der Waals surface area contributed by atoms with Crippen molar-refractivity contribution in [2.24, 2.45) is 5.92 Å². The van der Waals surface area contributed by atoms with Gasteiger partial charge in [-0.25, -0.2) is 9.37 Å². The van der Waals surface area contributed by atoms with E-state index < -0.39 is 0 Å². The molecule has 4 nitrogen and oxygen atoms in total. The van der Waals surface area contributed by atoms with Gasteiger partial charge in [-0.1, -0.05) is 13.8 Å². The van der Waals surface area contributed by atoms with Crippen molar-refractivity contribution in [1.82, 2.24) is 14.7 Å². The zero-order chi connectivity index (χ0) is 14.0. The number of carbonyl (C=O) groups is 1. The lowest BCUT2D eigenvalue weighted by molar-refractivity contribution is 0.0945. The maximum absolute atomic E-state index is 13.3. The molecule has 2 aromatic rings. The average Bonchev–Trinajstić information content (AvgIpc) is 2.63. The first kappa shape index (κ1) is 13.5. The Morgan fingerprint density at radius 2 is 2.21 bits per heavy atom. The molecule has 0 aliphatic carbocycles. The number of aryl methyl sites for hydroxylation is 1. The Bertz CT molecular complexity index is 604. The normalized spacial score (nSPS) is 11.2. The van der Waals surface area contributed by atoms with Crippen LogP contribution in [0, 0.1) is 18.7 Å². The summed E-state index contributed by atoms with van der Waals surface area (Å²) in [4.78, 5) is 16.4. The van der Waals surface area contributed by atoms with E-state index in [1.54, 1.807) is 13.0 Å². The van der Waals surface area contributed by atoms with Gasteiger partial charge in [0.2, 0.25) is 0 Å². The second kappa shape index (κ2) is 5.38. The minimum absolute atomic E-state index is 0.212. The fourth-order valence-corrected chi connectivity index (χ4v) is 1.97. The Morgan fingerprint density at radius 3 is 2.89 bits per heavy atom. The molecule has 0 atom stereocenters. The number of amides is 1. The molecule has 0 fully saturated rings. The van der Waals surface area contributed by atoms with Gasteiger partial charge in [0, 0.05) is 12.7 Å². The van der Waals surface area contributed by atoms with Crippen LogP contribution in [0.15, 0.2) is 18.3 Å². The molecule has 0 saturated heterocycles. The molecular formula is C14H18FN3O. The van der Waals surface area contributed by atoms with Crippen LogP contribution < -0.4 is 5.32 Å². The van der Waals surface area contributed by atoms with Crippen molar-refractivity contribution in [3.8, 4) is 0 Å². The van der Waals surface area contributed by atoms with Gasteiger partial charge in [0.1, 0.15) is 17.2 Å². The van der Waals surface area contributed by atoms with Crippen molar-refractivity contribution in [1.29, 1.82) is 0 Å². The number of fused-ring (bicyclic) bond motifs is 1. The van der Waals surface area contributed by atoms with Crippen LogP contribution in [0.25, 0.3) is 5.65 Å². The topological polar surface area (TPSA) is 46.4 Å². The number of halogens is 1. The summed E-state index contributed by atoms with van der Waals surface area (Å²) in [5, 5.41) is 2.85. The summed E-state index contributed by atoms with van der Waals surface area (Å²) in [6.07, 6.45) is 2.20. The Labute approximate surface area is 111 Å². The lowest BCUT2D eigenvalue weighted by atomic mass is 10.1. The molecule has 0 unspecified atom stereocenters. The highest BCUT2D eigenvalue weighted by Gasteiger charge is 2.16. The third kappa shape index (κ3) is 2.92. The molecule has 1 N–H and O–H groups in total. The number of aromatic nitrogens is 2. The lowest BCUT2D eigenvalue weighted by Gasteiger charge is -2.07. The predicted octanol–water partition coefficient (Wildman–Crippen LogP) is 2.56. The predicted molar refractivity (Wildman–Crippen MR) is 71.7 cm³/mol. The van der Waals surface area contributed by atoms with Gasteiger partial charge in [0.15, 0.2) is 0 Å². The summed E-state index contributed by atoms with van der Waals surface area (Å²) < 4.78 is 14.8. The summed E-state index contributed by atoms with van der Waals surface area (Å²) in [5.41, 5.74) is 1.58. The molecule has 0 aliphatic heterocycles. The summed E-state index contributed by atoms with van der Waals surface area (Å²) >= 11 is 0. The molecule has 2 rings (SSSR count). The SMILES string of the molecule is Cc1nc2ccc(F)cn2c1C(=O)NCCC(C)C. The van der Waals surface area contributed by atoms with Crippen molar-refractivity contribution >= 4 is 11.6 Å². The minimum atomic E-state index is -0.388. The number of hydrogen-bond acceptors (Lipinski definition) is 2. The second-order valence-corrected chi connectivity index (χ2v) is 5.06. The van der Waals surface area contributed by atoms with Crippen LogP contribution in [-0.4, -0.2) is 21.8 Å². The van der Waals surface area contributed by atoms with Gasteiger partial charge in [0.25, 0.3) is 5.91 Å². The molecule has 19 heavy (non-hydrogen) atoms. The molecule has 0 aromatic carbocycles.